The van der Waals surface area contributed by atoms with Crippen LogP contribution in [0.15, 0.2) is 48.5 Å². The fourth-order valence-corrected chi connectivity index (χ4v) is 1.81. The normalized spacial score (nSPS) is 10.5. The molecule has 0 unspecified atom stereocenters. The first-order valence-electron chi connectivity index (χ1n) is 6.54. The van der Waals surface area contributed by atoms with Crippen LogP contribution in [0.3, 0.4) is 0 Å². The number of halogens is 1. The molecular formula is C15H10FN3O5. The summed E-state index contributed by atoms with van der Waals surface area (Å²) in [5.74, 6) is -1.09. The largest absolute Gasteiger partial charge is 0.317 e. The lowest BCUT2D eigenvalue weighted by Gasteiger charge is -2.03. The van der Waals surface area contributed by atoms with Crippen LogP contribution >= 0.6 is 0 Å². The maximum absolute atomic E-state index is 12.8. The summed E-state index contributed by atoms with van der Waals surface area (Å²) in [6, 6.07) is 8.24. The van der Waals surface area contributed by atoms with Crippen molar-refractivity contribution in [2.75, 3.05) is 5.32 Å². The number of nitrogens with zero attached hydrogens (tertiary/aromatic N) is 2. The second kappa shape index (κ2) is 7.09. The molecule has 0 aliphatic rings. The number of nitrogens with one attached hydrogen (secondary N) is 1. The quantitative estimate of drug-likeness (QED) is 0.513. The predicted octanol–water partition coefficient (Wildman–Crippen LogP) is 3.29. The molecule has 1 N–H and O–H groups in total. The molecule has 0 heterocycles. The molecule has 2 aromatic carbocycles. The van der Waals surface area contributed by atoms with E-state index >= 15 is 0 Å². The highest BCUT2D eigenvalue weighted by atomic mass is 19.1. The Morgan fingerprint density at radius 1 is 1.04 bits per heavy atom. The van der Waals surface area contributed by atoms with E-state index in [1.165, 1.54) is 30.3 Å². The van der Waals surface area contributed by atoms with Crippen molar-refractivity contribution >= 4 is 29.0 Å². The zero-order chi connectivity index (χ0) is 17.7. The Morgan fingerprint density at radius 2 is 1.71 bits per heavy atom. The molecule has 24 heavy (non-hydrogen) atoms. The topological polar surface area (TPSA) is 115 Å². The summed E-state index contributed by atoms with van der Waals surface area (Å²) in [4.78, 5) is 31.8. The monoisotopic (exact) mass is 331 g/mol. The van der Waals surface area contributed by atoms with E-state index < -0.39 is 32.9 Å². The maximum Gasteiger partial charge on any atom is 0.299 e. The number of benzene rings is 2. The number of nitro benzene ring substituents is 2. The van der Waals surface area contributed by atoms with Crippen molar-refractivity contribution in [3.05, 3.63) is 80.1 Å². The Labute approximate surface area is 134 Å². The van der Waals surface area contributed by atoms with E-state index in [0.29, 0.717) is 5.56 Å². The fourth-order valence-electron chi connectivity index (χ4n) is 1.81. The molecule has 2 rings (SSSR count). The highest BCUT2D eigenvalue weighted by Crippen LogP contribution is 2.28. The molecule has 2 aromatic rings. The average Bonchev–Trinajstić information content (AvgIpc) is 2.54. The molecule has 0 radical (unpaired) electrons. The molecule has 1 amide bonds. The number of anilines is 1. The lowest BCUT2D eigenvalue weighted by molar-refractivity contribution is -0.393. The zero-order valence-electron chi connectivity index (χ0n) is 12.0. The fraction of sp³-hybridized carbons (Fsp3) is 0. The lowest BCUT2D eigenvalue weighted by atomic mass is 10.2. The second-order valence-electron chi connectivity index (χ2n) is 4.59. The molecule has 0 spiro atoms. The van der Waals surface area contributed by atoms with Crippen LogP contribution in [0.4, 0.5) is 21.5 Å². The van der Waals surface area contributed by atoms with Crippen molar-refractivity contribution in [3.8, 4) is 0 Å². The molecule has 9 heteroatoms. The summed E-state index contributed by atoms with van der Waals surface area (Å²) in [7, 11) is 0. The minimum absolute atomic E-state index is 0.167. The molecule has 8 nitrogen and oxygen atoms in total. The van der Waals surface area contributed by atoms with Gasteiger partial charge in [0.2, 0.25) is 5.91 Å². The third kappa shape index (κ3) is 4.19. The Bertz CT molecular complexity index is 834. The minimum Gasteiger partial charge on any atom is -0.317 e. The van der Waals surface area contributed by atoms with Crippen LogP contribution in [0.2, 0.25) is 0 Å². The first-order chi connectivity index (χ1) is 11.4. The first-order valence-corrected chi connectivity index (χ1v) is 6.54. The Balaban J connectivity index is 2.17. The number of hydrogen-bond donors (Lipinski definition) is 1. The standard InChI is InChI=1S/C15H10FN3O5/c16-11-4-1-10(2-5-11)3-8-15(20)17-13-7-6-12(18(21)22)9-14(13)19(23)24/h1-9H,(H,17,20). The third-order valence-electron chi connectivity index (χ3n) is 2.94. The van der Waals surface area contributed by atoms with Gasteiger partial charge < -0.3 is 5.32 Å². The Kier molecular flexibility index (Phi) is 4.95. The Hall–Kier alpha value is -3.62. The van der Waals surface area contributed by atoms with Crippen molar-refractivity contribution in [1.82, 2.24) is 0 Å². The van der Waals surface area contributed by atoms with Crippen LogP contribution < -0.4 is 5.32 Å². The summed E-state index contributed by atoms with van der Waals surface area (Å²) < 4.78 is 12.8. The highest BCUT2D eigenvalue weighted by molar-refractivity contribution is 6.03. The summed E-state index contributed by atoms with van der Waals surface area (Å²) in [6.45, 7) is 0. The number of nitro groups is 2. The molecule has 0 aliphatic heterocycles. The molecule has 0 bridgehead atoms. The van der Waals surface area contributed by atoms with Gasteiger partial charge in [0.1, 0.15) is 11.5 Å². The van der Waals surface area contributed by atoms with Gasteiger partial charge in [-0.05, 0) is 29.8 Å². The van der Waals surface area contributed by atoms with Gasteiger partial charge in [-0.25, -0.2) is 4.39 Å². The summed E-state index contributed by atoms with van der Waals surface area (Å²) >= 11 is 0. The van der Waals surface area contributed by atoms with E-state index in [1.54, 1.807) is 0 Å². The molecular weight excluding hydrogens is 321 g/mol. The van der Waals surface area contributed by atoms with Gasteiger partial charge in [-0.1, -0.05) is 12.1 Å². The average molecular weight is 331 g/mol. The number of carbonyl (C=O) groups is 1. The number of hydrogen-bond acceptors (Lipinski definition) is 5. The second-order valence-corrected chi connectivity index (χ2v) is 4.59. The van der Waals surface area contributed by atoms with Crippen LogP contribution in [0.25, 0.3) is 6.08 Å². The number of rotatable bonds is 5. The van der Waals surface area contributed by atoms with Gasteiger partial charge in [0.25, 0.3) is 11.4 Å². The summed E-state index contributed by atoms with van der Waals surface area (Å²) in [6.07, 6.45) is 2.50. The van der Waals surface area contributed by atoms with E-state index in [0.717, 1.165) is 24.3 Å². The number of amides is 1. The highest BCUT2D eigenvalue weighted by Gasteiger charge is 2.20. The van der Waals surface area contributed by atoms with Crippen LogP contribution in [0.5, 0.6) is 0 Å². The summed E-state index contributed by atoms with van der Waals surface area (Å²) in [5.41, 5.74) is -0.654. The van der Waals surface area contributed by atoms with E-state index in [2.05, 4.69) is 5.32 Å². The van der Waals surface area contributed by atoms with Crippen LogP contribution in [-0.2, 0) is 4.79 Å². The minimum atomic E-state index is -0.827. The van der Waals surface area contributed by atoms with Gasteiger partial charge in [-0.2, -0.15) is 0 Å². The third-order valence-corrected chi connectivity index (χ3v) is 2.94. The van der Waals surface area contributed by atoms with Crippen molar-refractivity contribution in [2.24, 2.45) is 0 Å². The predicted molar refractivity (Wildman–Crippen MR) is 83.8 cm³/mol. The van der Waals surface area contributed by atoms with Gasteiger partial charge in [0, 0.05) is 12.1 Å². The molecule has 0 aliphatic carbocycles. The first kappa shape index (κ1) is 16.7. The van der Waals surface area contributed by atoms with E-state index in [-0.39, 0.29) is 5.69 Å². The van der Waals surface area contributed by atoms with Gasteiger partial charge in [0.05, 0.1) is 15.9 Å². The van der Waals surface area contributed by atoms with E-state index in [4.69, 9.17) is 0 Å². The molecule has 0 saturated carbocycles. The van der Waals surface area contributed by atoms with E-state index in [1.807, 2.05) is 0 Å². The Morgan fingerprint density at radius 3 is 2.29 bits per heavy atom. The molecule has 122 valence electrons. The number of non-ortho nitro benzene ring substituents is 1. The van der Waals surface area contributed by atoms with Crippen molar-refractivity contribution in [2.45, 2.75) is 0 Å². The number of carbonyl (C=O) groups excluding carboxylic acids is 1. The van der Waals surface area contributed by atoms with Crippen LogP contribution in [0.1, 0.15) is 5.56 Å². The van der Waals surface area contributed by atoms with Gasteiger partial charge >= 0.3 is 0 Å². The van der Waals surface area contributed by atoms with Crippen LogP contribution in [-0.4, -0.2) is 15.8 Å². The smallest absolute Gasteiger partial charge is 0.299 e. The zero-order valence-corrected chi connectivity index (χ0v) is 12.0. The molecule has 0 aromatic heterocycles. The molecule has 0 saturated heterocycles. The maximum atomic E-state index is 12.8. The lowest BCUT2D eigenvalue weighted by Crippen LogP contribution is -2.09. The van der Waals surface area contributed by atoms with Crippen molar-refractivity contribution in [3.63, 3.8) is 0 Å². The van der Waals surface area contributed by atoms with Gasteiger partial charge in [-0.3, -0.25) is 25.0 Å². The van der Waals surface area contributed by atoms with Crippen LogP contribution in [0, 0.1) is 26.0 Å². The van der Waals surface area contributed by atoms with Gasteiger partial charge in [-0.15, -0.1) is 0 Å². The summed E-state index contributed by atoms with van der Waals surface area (Å²) in [5, 5.41) is 23.9. The van der Waals surface area contributed by atoms with E-state index in [9.17, 15) is 29.4 Å². The van der Waals surface area contributed by atoms with Crippen molar-refractivity contribution < 1.29 is 19.0 Å². The SMILES string of the molecule is O=C(C=Cc1ccc(F)cc1)Nc1ccc([N+](=O)[O-])cc1[N+](=O)[O-]. The molecule has 0 fully saturated rings. The molecule has 0 atom stereocenters. The van der Waals surface area contributed by atoms with Gasteiger partial charge in [0.15, 0.2) is 0 Å². The van der Waals surface area contributed by atoms with Crippen molar-refractivity contribution in [1.29, 1.82) is 0 Å².